The van der Waals surface area contributed by atoms with E-state index in [1.807, 2.05) is 13.8 Å². The third kappa shape index (κ3) is 4.65. The van der Waals surface area contributed by atoms with E-state index in [4.69, 9.17) is 11.6 Å². The van der Waals surface area contributed by atoms with Crippen molar-refractivity contribution < 1.29 is 8.42 Å². The first-order valence-electron chi connectivity index (χ1n) is 5.41. The lowest BCUT2D eigenvalue weighted by Crippen LogP contribution is -2.34. The van der Waals surface area contributed by atoms with Crippen molar-refractivity contribution in [3.63, 3.8) is 0 Å². The number of H-pyrrole nitrogens is 1. The molecule has 0 unspecified atom stereocenters. The van der Waals surface area contributed by atoms with Crippen molar-refractivity contribution in [2.24, 2.45) is 5.41 Å². The number of rotatable bonds is 7. The van der Waals surface area contributed by atoms with E-state index in [0.717, 1.165) is 12.8 Å². The minimum absolute atomic E-state index is 0.0886. The zero-order chi connectivity index (χ0) is 12.9. The molecule has 0 aliphatic heterocycles. The lowest BCUT2D eigenvalue weighted by molar-refractivity contribution is 0.331. The lowest BCUT2D eigenvalue weighted by atomic mass is 9.88. The third-order valence-corrected chi connectivity index (χ3v) is 4.08. The second kappa shape index (κ2) is 5.84. The molecule has 0 aliphatic rings. The molecule has 0 atom stereocenters. The smallest absolute Gasteiger partial charge is 0.257 e. The molecule has 0 saturated carbocycles. The quantitative estimate of drug-likeness (QED) is 0.747. The van der Waals surface area contributed by atoms with E-state index in [9.17, 15) is 8.42 Å². The SMILES string of the molecule is CC(C)(CCCCl)CNS(=O)(=O)c1cnc[nH]1. The minimum atomic E-state index is -3.48. The summed E-state index contributed by atoms with van der Waals surface area (Å²) >= 11 is 5.63. The minimum Gasteiger partial charge on any atom is -0.335 e. The van der Waals surface area contributed by atoms with Crippen molar-refractivity contribution in [3.8, 4) is 0 Å². The zero-order valence-corrected chi connectivity index (χ0v) is 11.6. The number of imidazole rings is 1. The van der Waals surface area contributed by atoms with Crippen LogP contribution in [0.1, 0.15) is 26.7 Å². The average Bonchev–Trinajstić information content (AvgIpc) is 2.78. The fourth-order valence-electron chi connectivity index (χ4n) is 1.39. The van der Waals surface area contributed by atoms with Gasteiger partial charge in [0.1, 0.15) is 0 Å². The number of nitrogens with zero attached hydrogens (tertiary/aromatic N) is 1. The number of nitrogens with one attached hydrogen (secondary N) is 2. The van der Waals surface area contributed by atoms with Crippen LogP contribution in [0.15, 0.2) is 17.6 Å². The van der Waals surface area contributed by atoms with Gasteiger partial charge in [-0.3, -0.25) is 0 Å². The maximum absolute atomic E-state index is 11.8. The van der Waals surface area contributed by atoms with Crippen molar-refractivity contribution in [2.75, 3.05) is 12.4 Å². The van der Waals surface area contributed by atoms with Gasteiger partial charge in [0.15, 0.2) is 5.03 Å². The molecular formula is C10H18ClN3O2S. The molecule has 7 heteroatoms. The van der Waals surface area contributed by atoms with Crippen LogP contribution < -0.4 is 4.72 Å². The fourth-order valence-corrected chi connectivity index (χ4v) is 2.67. The van der Waals surface area contributed by atoms with Crippen LogP contribution in [-0.4, -0.2) is 30.8 Å². The van der Waals surface area contributed by atoms with Gasteiger partial charge in [-0.1, -0.05) is 13.8 Å². The van der Waals surface area contributed by atoms with Gasteiger partial charge in [-0.15, -0.1) is 11.6 Å². The van der Waals surface area contributed by atoms with Gasteiger partial charge < -0.3 is 4.98 Å². The number of sulfonamides is 1. The average molecular weight is 280 g/mol. The molecule has 2 N–H and O–H groups in total. The predicted molar refractivity (Wildman–Crippen MR) is 67.5 cm³/mol. The van der Waals surface area contributed by atoms with Crippen LogP contribution in [0.3, 0.4) is 0 Å². The summed E-state index contributed by atoms with van der Waals surface area (Å²) in [5.74, 6) is 0.594. The summed E-state index contributed by atoms with van der Waals surface area (Å²) in [7, 11) is -3.48. The van der Waals surface area contributed by atoms with Crippen LogP contribution in [0.5, 0.6) is 0 Å². The van der Waals surface area contributed by atoms with Gasteiger partial charge in [-0.05, 0) is 18.3 Å². The van der Waals surface area contributed by atoms with Crippen molar-refractivity contribution in [3.05, 3.63) is 12.5 Å². The standard InChI is InChI=1S/C10H18ClN3O2S/c1-10(2,4-3-5-11)7-14-17(15,16)9-6-12-8-13-9/h6,8,14H,3-5,7H2,1-2H3,(H,12,13). The van der Waals surface area contributed by atoms with Gasteiger partial charge in [0.25, 0.3) is 10.0 Å². The normalized spacial score (nSPS) is 12.9. The number of aromatic amines is 1. The molecule has 0 spiro atoms. The van der Waals surface area contributed by atoms with E-state index in [1.54, 1.807) is 0 Å². The number of hydrogen-bond acceptors (Lipinski definition) is 3. The van der Waals surface area contributed by atoms with E-state index < -0.39 is 10.0 Å². The van der Waals surface area contributed by atoms with E-state index in [-0.39, 0.29) is 10.4 Å². The Hall–Kier alpha value is -0.590. The van der Waals surface area contributed by atoms with Crippen LogP contribution in [0.4, 0.5) is 0 Å². The van der Waals surface area contributed by atoms with Crippen LogP contribution in [-0.2, 0) is 10.0 Å². The third-order valence-electron chi connectivity index (χ3n) is 2.49. The van der Waals surface area contributed by atoms with E-state index >= 15 is 0 Å². The Balaban J connectivity index is 2.56. The number of halogens is 1. The van der Waals surface area contributed by atoms with Gasteiger partial charge in [0.2, 0.25) is 0 Å². The monoisotopic (exact) mass is 279 g/mol. The highest BCUT2D eigenvalue weighted by molar-refractivity contribution is 7.89. The second-order valence-electron chi connectivity index (χ2n) is 4.70. The molecule has 0 radical (unpaired) electrons. The highest BCUT2D eigenvalue weighted by Crippen LogP contribution is 2.22. The summed E-state index contributed by atoms with van der Waals surface area (Å²) in [5, 5.41) is 0.0886. The van der Waals surface area contributed by atoms with Gasteiger partial charge in [-0.25, -0.2) is 18.1 Å². The van der Waals surface area contributed by atoms with Crippen molar-refractivity contribution in [2.45, 2.75) is 31.7 Å². The van der Waals surface area contributed by atoms with E-state index in [1.165, 1.54) is 12.5 Å². The zero-order valence-electron chi connectivity index (χ0n) is 10.0. The first-order valence-corrected chi connectivity index (χ1v) is 7.43. The first kappa shape index (κ1) is 14.5. The molecule has 98 valence electrons. The number of hydrogen-bond donors (Lipinski definition) is 2. The Kier molecular flexibility index (Phi) is 4.97. The number of aromatic nitrogens is 2. The largest absolute Gasteiger partial charge is 0.335 e. The Bertz CT molecular complexity index is 428. The van der Waals surface area contributed by atoms with Crippen LogP contribution in [0.2, 0.25) is 0 Å². The van der Waals surface area contributed by atoms with Crippen molar-refractivity contribution in [1.82, 2.24) is 14.7 Å². The molecule has 17 heavy (non-hydrogen) atoms. The molecule has 0 amide bonds. The number of alkyl halides is 1. The molecule has 0 aromatic carbocycles. The molecule has 0 saturated heterocycles. The van der Waals surface area contributed by atoms with Gasteiger partial charge in [-0.2, -0.15) is 0 Å². The highest BCUT2D eigenvalue weighted by Gasteiger charge is 2.22. The Labute approximate surface area is 107 Å². The Morgan fingerprint density at radius 1 is 1.53 bits per heavy atom. The van der Waals surface area contributed by atoms with Crippen LogP contribution in [0.25, 0.3) is 0 Å². The maximum Gasteiger partial charge on any atom is 0.257 e. The Morgan fingerprint density at radius 2 is 2.24 bits per heavy atom. The molecule has 1 rings (SSSR count). The molecule has 1 aromatic rings. The molecule has 1 aromatic heterocycles. The molecule has 0 fully saturated rings. The first-order chi connectivity index (χ1) is 7.87. The molecule has 0 aliphatic carbocycles. The lowest BCUT2D eigenvalue weighted by Gasteiger charge is -2.24. The van der Waals surface area contributed by atoms with Crippen LogP contribution in [0, 0.1) is 5.41 Å². The molecular weight excluding hydrogens is 262 g/mol. The summed E-state index contributed by atoms with van der Waals surface area (Å²) in [5.41, 5.74) is -0.109. The predicted octanol–water partition coefficient (Wildman–Crippen LogP) is 1.73. The van der Waals surface area contributed by atoms with E-state index in [2.05, 4.69) is 14.7 Å². The summed E-state index contributed by atoms with van der Waals surface area (Å²) in [6.45, 7) is 4.40. The fraction of sp³-hybridized carbons (Fsp3) is 0.700. The topological polar surface area (TPSA) is 74.8 Å². The maximum atomic E-state index is 11.8. The van der Waals surface area contributed by atoms with Gasteiger partial charge in [0.05, 0.1) is 12.5 Å². The Morgan fingerprint density at radius 3 is 2.76 bits per heavy atom. The van der Waals surface area contributed by atoms with Gasteiger partial charge in [0, 0.05) is 12.4 Å². The van der Waals surface area contributed by atoms with Crippen LogP contribution >= 0.6 is 11.6 Å². The molecule has 5 nitrogen and oxygen atoms in total. The van der Waals surface area contributed by atoms with Gasteiger partial charge >= 0.3 is 0 Å². The van der Waals surface area contributed by atoms with Crippen molar-refractivity contribution in [1.29, 1.82) is 0 Å². The van der Waals surface area contributed by atoms with Crippen molar-refractivity contribution >= 4 is 21.6 Å². The summed E-state index contributed by atoms with van der Waals surface area (Å²) < 4.78 is 26.2. The highest BCUT2D eigenvalue weighted by atomic mass is 35.5. The van der Waals surface area contributed by atoms with E-state index in [0.29, 0.717) is 12.4 Å². The molecule has 0 bridgehead atoms. The summed E-state index contributed by atoms with van der Waals surface area (Å²) in [6.07, 6.45) is 4.38. The summed E-state index contributed by atoms with van der Waals surface area (Å²) in [4.78, 5) is 6.26. The second-order valence-corrected chi connectivity index (χ2v) is 6.81. The molecule has 1 heterocycles. The summed E-state index contributed by atoms with van der Waals surface area (Å²) in [6, 6.07) is 0.